The molecule has 0 bridgehead atoms. The van der Waals surface area contributed by atoms with Crippen molar-refractivity contribution in [1.82, 2.24) is 10.3 Å². The molecule has 102 valence electrons. The van der Waals surface area contributed by atoms with E-state index in [9.17, 15) is 9.18 Å². The fourth-order valence-electron chi connectivity index (χ4n) is 2.58. The lowest BCUT2D eigenvalue weighted by atomic mass is 9.94. The van der Waals surface area contributed by atoms with Crippen molar-refractivity contribution in [3.63, 3.8) is 0 Å². The van der Waals surface area contributed by atoms with Gasteiger partial charge in [-0.1, -0.05) is 11.6 Å². The number of aromatic nitrogens is 1. The molecule has 1 amide bonds. The van der Waals surface area contributed by atoms with Crippen LogP contribution in [-0.2, 0) is 4.79 Å². The van der Waals surface area contributed by atoms with E-state index >= 15 is 0 Å². The van der Waals surface area contributed by atoms with Gasteiger partial charge < -0.3 is 10.6 Å². The highest BCUT2D eigenvalue weighted by Crippen LogP contribution is 2.37. The monoisotopic (exact) mass is 283 g/mol. The molecule has 1 aliphatic heterocycles. The molecular weight excluding hydrogens is 269 g/mol. The standard InChI is InChI=1S/C13H15ClFN3O/c14-8-5-9(15)13(16-6-8)17-10-3-4-11(19)18-12(10)7-1-2-7/h5-7,10,12H,1-4H2,(H,16,17)(H,18,19)/t10-,12+/m1/s1. The molecule has 2 heterocycles. The van der Waals surface area contributed by atoms with Crippen LogP contribution in [0.2, 0.25) is 5.02 Å². The first-order valence-corrected chi connectivity index (χ1v) is 6.88. The summed E-state index contributed by atoms with van der Waals surface area (Å²) in [7, 11) is 0. The molecule has 2 fully saturated rings. The normalized spacial score (nSPS) is 26.9. The number of halogens is 2. The Morgan fingerprint density at radius 3 is 2.89 bits per heavy atom. The molecule has 2 atom stereocenters. The summed E-state index contributed by atoms with van der Waals surface area (Å²) in [5, 5.41) is 6.39. The highest BCUT2D eigenvalue weighted by Gasteiger charge is 2.40. The second-order valence-electron chi connectivity index (χ2n) is 5.20. The van der Waals surface area contributed by atoms with E-state index < -0.39 is 5.82 Å². The van der Waals surface area contributed by atoms with Gasteiger partial charge in [0.15, 0.2) is 11.6 Å². The zero-order valence-electron chi connectivity index (χ0n) is 10.3. The lowest BCUT2D eigenvalue weighted by Crippen LogP contribution is -2.52. The molecule has 1 aromatic heterocycles. The Bertz CT molecular complexity index is 507. The summed E-state index contributed by atoms with van der Waals surface area (Å²) >= 11 is 5.68. The summed E-state index contributed by atoms with van der Waals surface area (Å²) < 4.78 is 13.7. The number of anilines is 1. The van der Waals surface area contributed by atoms with Crippen LogP contribution in [0, 0.1) is 11.7 Å². The van der Waals surface area contributed by atoms with Gasteiger partial charge in [0.2, 0.25) is 5.91 Å². The minimum atomic E-state index is -0.459. The highest BCUT2D eigenvalue weighted by atomic mass is 35.5. The van der Waals surface area contributed by atoms with E-state index in [1.807, 2.05) is 0 Å². The number of hydrogen-bond acceptors (Lipinski definition) is 3. The third kappa shape index (κ3) is 2.81. The van der Waals surface area contributed by atoms with Crippen LogP contribution < -0.4 is 10.6 Å². The van der Waals surface area contributed by atoms with Gasteiger partial charge in [0.1, 0.15) is 0 Å². The molecule has 2 N–H and O–H groups in total. The van der Waals surface area contributed by atoms with E-state index in [1.54, 1.807) is 0 Å². The maximum absolute atomic E-state index is 13.7. The van der Waals surface area contributed by atoms with Crippen LogP contribution in [0.5, 0.6) is 0 Å². The summed E-state index contributed by atoms with van der Waals surface area (Å²) in [4.78, 5) is 15.4. The van der Waals surface area contributed by atoms with Crippen molar-refractivity contribution in [2.24, 2.45) is 5.92 Å². The first kappa shape index (κ1) is 12.7. The average Bonchev–Trinajstić information content (AvgIpc) is 3.18. The van der Waals surface area contributed by atoms with Crippen molar-refractivity contribution in [2.45, 2.75) is 37.8 Å². The average molecular weight is 284 g/mol. The zero-order valence-corrected chi connectivity index (χ0v) is 11.1. The van der Waals surface area contributed by atoms with Crippen LogP contribution in [-0.4, -0.2) is 23.0 Å². The van der Waals surface area contributed by atoms with E-state index in [-0.39, 0.29) is 28.8 Å². The van der Waals surface area contributed by atoms with E-state index in [2.05, 4.69) is 15.6 Å². The number of nitrogens with one attached hydrogen (secondary N) is 2. The van der Waals surface area contributed by atoms with Gasteiger partial charge in [0.25, 0.3) is 0 Å². The summed E-state index contributed by atoms with van der Waals surface area (Å²) in [6.45, 7) is 0. The Hall–Kier alpha value is -1.36. The summed E-state index contributed by atoms with van der Waals surface area (Å²) in [5.74, 6) is 0.340. The van der Waals surface area contributed by atoms with Crippen LogP contribution >= 0.6 is 11.6 Å². The highest BCUT2D eigenvalue weighted by molar-refractivity contribution is 6.30. The Balaban J connectivity index is 1.75. The number of carbonyl (C=O) groups is 1. The summed E-state index contributed by atoms with van der Waals surface area (Å²) in [6.07, 6.45) is 4.84. The molecule has 0 radical (unpaired) electrons. The molecule has 4 nitrogen and oxygen atoms in total. The number of rotatable bonds is 3. The Morgan fingerprint density at radius 2 is 2.21 bits per heavy atom. The number of piperidine rings is 1. The van der Waals surface area contributed by atoms with Gasteiger partial charge in [-0.2, -0.15) is 0 Å². The van der Waals surface area contributed by atoms with Crippen molar-refractivity contribution < 1.29 is 9.18 Å². The largest absolute Gasteiger partial charge is 0.363 e. The number of hydrogen-bond donors (Lipinski definition) is 2. The minimum absolute atomic E-state index is 0.0355. The van der Waals surface area contributed by atoms with Crippen molar-refractivity contribution in [3.05, 3.63) is 23.1 Å². The SMILES string of the molecule is O=C1CC[C@@H](Nc2ncc(Cl)cc2F)[C@H](C2CC2)N1. The molecule has 0 spiro atoms. The number of pyridine rings is 1. The molecule has 6 heteroatoms. The Morgan fingerprint density at radius 1 is 1.42 bits per heavy atom. The Kier molecular flexibility index (Phi) is 3.31. The van der Waals surface area contributed by atoms with Gasteiger partial charge in [0, 0.05) is 18.7 Å². The molecule has 1 saturated carbocycles. The fraction of sp³-hybridized carbons (Fsp3) is 0.538. The molecule has 2 aliphatic rings. The van der Waals surface area contributed by atoms with Crippen molar-refractivity contribution >= 4 is 23.3 Å². The van der Waals surface area contributed by atoms with Crippen molar-refractivity contribution in [1.29, 1.82) is 0 Å². The first-order valence-electron chi connectivity index (χ1n) is 6.50. The quantitative estimate of drug-likeness (QED) is 0.895. The smallest absolute Gasteiger partial charge is 0.220 e. The number of carbonyl (C=O) groups excluding carboxylic acids is 1. The summed E-state index contributed by atoms with van der Waals surface area (Å²) in [6, 6.07) is 1.36. The van der Waals surface area contributed by atoms with Crippen LogP contribution in [0.4, 0.5) is 10.2 Å². The van der Waals surface area contributed by atoms with Gasteiger partial charge in [-0.15, -0.1) is 0 Å². The molecule has 1 saturated heterocycles. The molecule has 0 unspecified atom stereocenters. The van der Waals surface area contributed by atoms with Crippen molar-refractivity contribution in [2.75, 3.05) is 5.32 Å². The fourth-order valence-corrected chi connectivity index (χ4v) is 2.73. The second kappa shape index (κ2) is 4.96. The molecular formula is C13H15ClFN3O. The molecule has 1 aliphatic carbocycles. The lowest BCUT2D eigenvalue weighted by Gasteiger charge is -2.33. The summed E-state index contributed by atoms with van der Waals surface area (Å²) in [5.41, 5.74) is 0. The Labute approximate surface area is 115 Å². The molecule has 3 rings (SSSR count). The van der Waals surface area contributed by atoms with Gasteiger partial charge >= 0.3 is 0 Å². The third-order valence-corrected chi connectivity index (χ3v) is 3.91. The van der Waals surface area contributed by atoms with E-state index in [0.717, 1.165) is 12.8 Å². The topological polar surface area (TPSA) is 54.0 Å². The van der Waals surface area contributed by atoms with Gasteiger partial charge in [-0.25, -0.2) is 9.37 Å². The van der Waals surface area contributed by atoms with Gasteiger partial charge in [-0.3, -0.25) is 4.79 Å². The minimum Gasteiger partial charge on any atom is -0.363 e. The van der Waals surface area contributed by atoms with Crippen LogP contribution in [0.25, 0.3) is 0 Å². The van der Waals surface area contributed by atoms with E-state index in [4.69, 9.17) is 11.6 Å². The predicted octanol–water partition coefficient (Wildman–Crippen LogP) is 2.34. The zero-order chi connectivity index (χ0) is 13.4. The maximum atomic E-state index is 13.7. The predicted molar refractivity (Wildman–Crippen MR) is 70.5 cm³/mol. The maximum Gasteiger partial charge on any atom is 0.220 e. The third-order valence-electron chi connectivity index (χ3n) is 3.70. The first-order chi connectivity index (χ1) is 9.13. The van der Waals surface area contributed by atoms with Crippen molar-refractivity contribution in [3.8, 4) is 0 Å². The molecule has 1 aromatic rings. The number of nitrogens with zero attached hydrogens (tertiary/aromatic N) is 1. The number of amides is 1. The van der Waals surface area contributed by atoms with Gasteiger partial charge in [0.05, 0.1) is 11.1 Å². The van der Waals surface area contributed by atoms with E-state index in [0.29, 0.717) is 18.8 Å². The molecule has 0 aromatic carbocycles. The van der Waals surface area contributed by atoms with Gasteiger partial charge in [-0.05, 0) is 31.2 Å². The lowest BCUT2D eigenvalue weighted by molar-refractivity contribution is -0.123. The van der Waals surface area contributed by atoms with Crippen LogP contribution in [0.1, 0.15) is 25.7 Å². The molecule has 19 heavy (non-hydrogen) atoms. The van der Waals surface area contributed by atoms with E-state index in [1.165, 1.54) is 12.3 Å². The van der Waals surface area contributed by atoms with Crippen LogP contribution in [0.3, 0.4) is 0 Å². The second-order valence-corrected chi connectivity index (χ2v) is 5.64. The van der Waals surface area contributed by atoms with Crippen LogP contribution in [0.15, 0.2) is 12.3 Å².